The highest BCUT2D eigenvalue weighted by Crippen LogP contribution is 2.35. The van der Waals surface area contributed by atoms with Gasteiger partial charge in [0.1, 0.15) is 11.5 Å². The standard InChI is InChI=1S/C19H21NO2/c1-4-17(14-8-6-5-7-9-14)20-11-10-16-18(20)12-15(21-2)13-19(16)22-3/h5-13,17H,4H2,1-3H3. The van der Waals surface area contributed by atoms with Gasteiger partial charge in [0.05, 0.1) is 25.8 Å². The summed E-state index contributed by atoms with van der Waals surface area (Å²) in [4.78, 5) is 0. The molecule has 3 aromatic rings. The van der Waals surface area contributed by atoms with Crippen LogP contribution >= 0.6 is 0 Å². The van der Waals surface area contributed by atoms with E-state index in [0.717, 1.165) is 28.8 Å². The molecule has 3 rings (SSSR count). The quantitative estimate of drug-likeness (QED) is 0.683. The van der Waals surface area contributed by atoms with E-state index in [4.69, 9.17) is 9.47 Å². The molecule has 0 N–H and O–H groups in total. The van der Waals surface area contributed by atoms with Crippen LogP contribution in [0.4, 0.5) is 0 Å². The van der Waals surface area contributed by atoms with Gasteiger partial charge in [-0.2, -0.15) is 0 Å². The van der Waals surface area contributed by atoms with Gasteiger partial charge in [0.25, 0.3) is 0 Å². The maximum atomic E-state index is 5.51. The second-order valence-electron chi connectivity index (χ2n) is 5.32. The Kier molecular flexibility index (Phi) is 4.05. The first-order valence-electron chi connectivity index (χ1n) is 7.56. The minimum atomic E-state index is 0.301. The molecule has 1 atom stereocenters. The Balaban J connectivity index is 2.18. The van der Waals surface area contributed by atoms with E-state index in [1.54, 1.807) is 14.2 Å². The Morgan fingerprint density at radius 2 is 1.77 bits per heavy atom. The van der Waals surface area contributed by atoms with Crippen molar-refractivity contribution in [2.75, 3.05) is 14.2 Å². The summed E-state index contributed by atoms with van der Waals surface area (Å²) < 4.78 is 13.2. The van der Waals surface area contributed by atoms with Crippen molar-refractivity contribution in [2.24, 2.45) is 0 Å². The van der Waals surface area contributed by atoms with Gasteiger partial charge >= 0.3 is 0 Å². The molecule has 0 saturated carbocycles. The summed E-state index contributed by atoms with van der Waals surface area (Å²) in [5.74, 6) is 1.66. The molecule has 0 amide bonds. The van der Waals surface area contributed by atoms with Crippen LogP contribution in [0.25, 0.3) is 10.9 Å². The van der Waals surface area contributed by atoms with Crippen LogP contribution in [-0.4, -0.2) is 18.8 Å². The Labute approximate surface area is 131 Å². The third kappa shape index (κ3) is 2.43. The van der Waals surface area contributed by atoms with Gasteiger partial charge in [-0.25, -0.2) is 0 Å². The monoisotopic (exact) mass is 295 g/mol. The van der Waals surface area contributed by atoms with E-state index in [-0.39, 0.29) is 0 Å². The molecule has 0 aliphatic heterocycles. The molecule has 114 valence electrons. The van der Waals surface area contributed by atoms with Crippen LogP contribution in [0.2, 0.25) is 0 Å². The molecule has 3 heteroatoms. The van der Waals surface area contributed by atoms with Crippen molar-refractivity contribution in [3.8, 4) is 11.5 Å². The minimum absolute atomic E-state index is 0.301. The maximum Gasteiger partial charge on any atom is 0.131 e. The number of hydrogen-bond acceptors (Lipinski definition) is 2. The van der Waals surface area contributed by atoms with Gasteiger partial charge in [-0.15, -0.1) is 0 Å². The van der Waals surface area contributed by atoms with Crippen molar-refractivity contribution in [1.29, 1.82) is 0 Å². The molecule has 0 aliphatic carbocycles. The molecule has 0 radical (unpaired) electrons. The second-order valence-corrected chi connectivity index (χ2v) is 5.32. The van der Waals surface area contributed by atoms with Crippen LogP contribution in [-0.2, 0) is 0 Å². The summed E-state index contributed by atoms with van der Waals surface area (Å²) >= 11 is 0. The number of aromatic nitrogens is 1. The molecular weight excluding hydrogens is 274 g/mol. The normalized spacial score (nSPS) is 12.3. The molecule has 1 unspecified atom stereocenters. The van der Waals surface area contributed by atoms with Gasteiger partial charge in [0.2, 0.25) is 0 Å². The van der Waals surface area contributed by atoms with Gasteiger partial charge in [-0.3, -0.25) is 0 Å². The number of methoxy groups -OCH3 is 2. The highest BCUT2D eigenvalue weighted by atomic mass is 16.5. The van der Waals surface area contributed by atoms with Crippen molar-refractivity contribution in [3.05, 3.63) is 60.3 Å². The number of ether oxygens (including phenoxy) is 2. The summed E-state index contributed by atoms with van der Waals surface area (Å²) in [6.07, 6.45) is 3.15. The molecule has 1 heterocycles. The SMILES string of the molecule is CCC(c1ccccc1)n1ccc2c(OC)cc(OC)cc21. The Bertz CT molecular complexity index is 762. The molecule has 0 bridgehead atoms. The minimum Gasteiger partial charge on any atom is -0.497 e. The van der Waals surface area contributed by atoms with E-state index < -0.39 is 0 Å². The fourth-order valence-corrected chi connectivity index (χ4v) is 3.03. The lowest BCUT2D eigenvalue weighted by atomic mass is 10.0. The zero-order valence-corrected chi connectivity index (χ0v) is 13.2. The number of fused-ring (bicyclic) bond motifs is 1. The van der Waals surface area contributed by atoms with Gasteiger partial charge in [-0.1, -0.05) is 37.3 Å². The highest BCUT2D eigenvalue weighted by molar-refractivity contribution is 5.88. The zero-order valence-electron chi connectivity index (χ0n) is 13.2. The summed E-state index contributed by atoms with van der Waals surface area (Å²) in [5, 5.41) is 1.11. The molecule has 0 aliphatic rings. The molecular formula is C19H21NO2. The van der Waals surface area contributed by atoms with Crippen LogP contribution in [0.15, 0.2) is 54.7 Å². The summed E-state index contributed by atoms with van der Waals surface area (Å²) in [6, 6.07) is 17.0. The molecule has 3 nitrogen and oxygen atoms in total. The number of rotatable bonds is 5. The summed E-state index contributed by atoms with van der Waals surface area (Å²) in [7, 11) is 3.38. The fraction of sp³-hybridized carbons (Fsp3) is 0.263. The number of hydrogen-bond donors (Lipinski definition) is 0. The van der Waals surface area contributed by atoms with Crippen LogP contribution in [0.3, 0.4) is 0 Å². The van der Waals surface area contributed by atoms with Crippen molar-refractivity contribution < 1.29 is 9.47 Å². The molecule has 0 spiro atoms. The van der Waals surface area contributed by atoms with Gasteiger partial charge < -0.3 is 14.0 Å². The predicted molar refractivity (Wildman–Crippen MR) is 89.9 cm³/mol. The van der Waals surface area contributed by atoms with E-state index in [1.165, 1.54) is 5.56 Å². The van der Waals surface area contributed by atoms with Crippen LogP contribution in [0.5, 0.6) is 11.5 Å². The van der Waals surface area contributed by atoms with Crippen LogP contribution < -0.4 is 9.47 Å². The van der Waals surface area contributed by atoms with Gasteiger partial charge in [0, 0.05) is 23.7 Å². The van der Waals surface area contributed by atoms with E-state index >= 15 is 0 Å². The Morgan fingerprint density at radius 1 is 1.00 bits per heavy atom. The molecule has 0 fully saturated rings. The first-order valence-corrected chi connectivity index (χ1v) is 7.56. The average molecular weight is 295 g/mol. The number of benzene rings is 2. The van der Waals surface area contributed by atoms with Gasteiger partial charge in [-0.05, 0) is 18.1 Å². The van der Waals surface area contributed by atoms with Crippen molar-refractivity contribution >= 4 is 10.9 Å². The van der Waals surface area contributed by atoms with E-state index in [2.05, 4.69) is 60.2 Å². The molecule has 22 heavy (non-hydrogen) atoms. The number of nitrogens with zero attached hydrogens (tertiary/aromatic N) is 1. The van der Waals surface area contributed by atoms with Crippen molar-refractivity contribution in [2.45, 2.75) is 19.4 Å². The Hall–Kier alpha value is -2.42. The maximum absolute atomic E-state index is 5.51. The second kappa shape index (κ2) is 6.14. The topological polar surface area (TPSA) is 23.4 Å². The highest BCUT2D eigenvalue weighted by Gasteiger charge is 2.16. The first-order chi connectivity index (χ1) is 10.8. The Morgan fingerprint density at radius 3 is 2.41 bits per heavy atom. The van der Waals surface area contributed by atoms with Crippen molar-refractivity contribution in [3.63, 3.8) is 0 Å². The molecule has 2 aromatic carbocycles. The predicted octanol–water partition coefficient (Wildman–Crippen LogP) is 4.66. The smallest absolute Gasteiger partial charge is 0.131 e. The lowest BCUT2D eigenvalue weighted by Gasteiger charge is -2.19. The summed E-state index contributed by atoms with van der Waals surface area (Å²) in [6.45, 7) is 2.21. The fourth-order valence-electron chi connectivity index (χ4n) is 3.03. The molecule has 1 aromatic heterocycles. The zero-order chi connectivity index (χ0) is 15.5. The third-order valence-corrected chi connectivity index (χ3v) is 4.14. The average Bonchev–Trinajstić information content (AvgIpc) is 2.99. The van der Waals surface area contributed by atoms with E-state index in [0.29, 0.717) is 6.04 Å². The van der Waals surface area contributed by atoms with Gasteiger partial charge in [0.15, 0.2) is 0 Å². The van der Waals surface area contributed by atoms with Crippen LogP contribution in [0, 0.1) is 0 Å². The summed E-state index contributed by atoms with van der Waals surface area (Å²) in [5.41, 5.74) is 2.44. The lowest BCUT2D eigenvalue weighted by Crippen LogP contribution is -2.08. The van der Waals surface area contributed by atoms with E-state index in [1.807, 2.05) is 6.07 Å². The first kappa shape index (κ1) is 14.5. The van der Waals surface area contributed by atoms with Crippen LogP contribution in [0.1, 0.15) is 24.9 Å². The van der Waals surface area contributed by atoms with Crippen molar-refractivity contribution in [1.82, 2.24) is 4.57 Å². The largest absolute Gasteiger partial charge is 0.497 e. The van der Waals surface area contributed by atoms with E-state index in [9.17, 15) is 0 Å². The molecule has 0 saturated heterocycles. The third-order valence-electron chi connectivity index (χ3n) is 4.14. The lowest BCUT2D eigenvalue weighted by molar-refractivity contribution is 0.397.